The van der Waals surface area contributed by atoms with Gasteiger partial charge in [0, 0.05) is 23.6 Å². The molecule has 0 unspecified atom stereocenters. The highest BCUT2D eigenvalue weighted by Gasteiger charge is 2.68. The maximum Gasteiger partial charge on any atom is 0.412 e. The predicted octanol–water partition coefficient (Wildman–Crippen LogP) is 5.68. The first-order chi connectivity index (χ1) is 20.0. The number of cyclic esters (lactones) is 1. The Morgan fingerprint density at radius 3 is 2.52 bits per heavy atom. The molecule has 3 aliphatic rings. The van der Waals surface area contributed by atoms with Crippen LogP contribution in [0.15, 0.2) is 47.3 Å². The second-order valence-corrected chi connectivity index (χ2v) is 11.4. The van der Waals surface area contributed by atoms with E-state index in [4.69, 9.17) is 18.6 Å². The van der Waals surface area contributed by atoms with Gasteiger partial charge in [-0.1, -0.05) is 13.8 Å². The molecule has 12 heteroatoms. The van der Waals surface area contributed by atoms with Gasteiger partial charge in [-0.15, -0.1) is 0 Å². The fraction of sp³-hybridized carbons (Fsp3) is 0.533. The smallest absolute Gasteiger partial charge is 0.412 e. The standard InChI is InChI=1S/C30H33F2NO9/c1-4-30-11-9-19-26(36)41-22(16-10-12-39-15-16)14-29(19,2)24(30)23(34)21(13-20(30)25(35)38-3)42-28(37)33-17-5-7-18(8-6-17)40-27(31)32/h5-8,10,12,15,19-22,24,27H,4,9,11,13-14H2,1-3H3,(H,33,37)/t19-,20-,21-,22-,24+,29-,30-/m0/s1. The number of methoxy groups -OCH3 is 1. The Hall–Kier alpha value is -3.96. The maximum atomic E-state index is 14.4. The summed E-state index contributed by atoms with van der Waals surface area (Å²) >= 11 is 0. The molecular weight excluding hydrogens is 556 g/mol. The highest BCUT2D eigenvalue weighted by atomic mass is 19.3. The van der Waals surface area contributed by atoms with Crippen LogP contribution in [0.3, 0.4) is 0 Å². The van der Waals surface area contributed by atoms with Crippen molar-refractivity contribution in [2.45, 2.75) is 64.8 Å². The molecule has 226 valence electrons. The van der Waals surface area contributed by atoms with Crippen molar-refractivity contribution >= 4 is 29.5 Å². The van der Waals surface area contributed by atoms with Crippen molar-refractivity contribution in [1.29, 1.82) is 0 Å². The van der Waals surface area contributed by atoms with E-state index in [1.165, 1.54) is 43.9 Å². The lowest BCUT2D eigenvalue weighted by molar-refractivity contribution is -0.210. The van der Waals surface area contributed by atoms with Crippen molar-refractivity contribution in [2.24, 2.45) is 28.6 Å². The van der Waals surface area contributed by atoms with Gasteiger partial charge < -0.3 is 23.4 Å². The van der Waals surface area contributed by atoms with Gasteiger partial charge in [-0.05, 0) is 66.8 Å². The van der Waals surface area contributed by atoms with E-state index in [-0.39, 0.29) is 23.6 Å². The number of Topliss-reactive ketones (excluding diaryl/α,β-unsaturated/α-hetero) is 1. The number of hydrogen-bond donors (Lipinski definition) is 1. The summed E-state index contributed by atoms with van der Waals surface area (Å²) in [4.78, 5) is 53.9. The van der Waals surface area contributed by atoms with Gasteiger partial charge in [-0.3, -0.25) is 19.7 Å². The first-order valence-corrected chi connectivity index (χ1v) is 13.9. The van der Waals surface area contributed by atoms with Crippen LogP contribution in [0.5, 0.6) is 5.75 Å². The fourth-order valence-electron chi connectivity index (χ4n) is 7.64. The van der Waals surface area contributed by atoms with Crippen molar-refractivity contribution < 1.29 is 51.3 Å². The van der Waals surface area contributed by atoms with Gasteiger partial charge in [-0.25, -0.2) is 4.79 Å². The summed E-state index contributed by atoms with van der Waals surface area (Å²) in [6.07, 6.45) is 1.69. The Morgan fingerprint density at radius 1 is 1.17 bits per heavy atom. The van der Waals surface area contributed by atoms with Crippen LogP contribution in [-0.2, 0) is 28.6 Å². The number of ether oxygens (including phenoxy) is 4. The van der Waals surface area contributed by atoms with Crippen LogP contribution in [0.25, 0.3) is 0 Å². The molecule has 7 atom stereocenters. The SMILES string of the molecule is CC[C@@]12CC[C@H]3C(=O)O[C@H](c4ccoc4)C[C@]3(C)[C@H]1C(=O)[C@@H](OC(=O)Nc1ccc(OC(F)F)cc1)C[C@H]2C(=O)OC. The third kappa shape index (κ3) is 5.11. The first-order valence-electron chi connectivity index (χ1n) is 13.9. The molecule has 5 rings (SSSR count). The van der Waals surface area contributed by atoms with Gasteiger partial charge in [-0.2, -0.15) is 8.78 Å². The van der Waals surface area contributed by atoms with E-state index in [9.17, 15) is 28.0 Å². The molecule has 2 aliphatic carbocycles. The Balaban J connectivity index is 1.45. The molecule has 0 bridgehead atoms. The third-order valence-electron chi connectivity index (χ3n) is 9.48. The fourth-order valence-corrected chi connectivity index (χ4v) is 7.64. The molecule has 0 radical (unpaired) electrons. The third-order valence-corrected chi connectivity index (χ3v) is 9.48. The highest BCUT2D eigenvalue weighted by molar-refractivity contribution is 5.94. The highest BCUT2D eigenvalue weighted by Crippen LogP contribution is 2.66. The molecule has 2 heterocycles. The summed E-state index contributed by atoms with van der Waals surface area (Å²) in [5.74, 6) is -3.54. The van der Waals surface area contributed by atoms with Gasteiger partial charge in [0.15, 0.2) is 11.9 Å². The molecular formula is C30H33F2NO9. The number of rotatable bonds is 7. The van der Waals surface area contributed by atoms with Crippen molar-refractivity contribution in [3.05, 3.63) is 48.4 Å². The Labute approximate surface area is 241 Å². The lowest BCUT2D eigenvalue weighted by atomic mass is 9.42. The van der Waals surface area contributed by atoms with Crippen LogP contribution in [0.2, 0.25) is 0 Å². The quantitative estimate of drug-likeness (QED) is 0.320. The zero-order chi connectivity index (χ0) is 30.2. The number of alkyl halides is 2. The Kier molecular flexibility index (Phi) is 8.00. The average molecular weight is 590 g/mol. The molecule has 1 amide bonds. The molecule has 2 aromatic rings. The molecule has 1 N–H and O–H groups in total. The Morgan fingerprint density at radius 2 is 1.90 bits per heavy atom. The number of hydrogen-bond acceptors (Lipinski definition) is 9. The van der Waals surface area contributed by atoms with Crippen LogP contribution >= 0.6 is 0 Å². The normalized spacial score (nSPS) is 32.3. The van der Waals surface area contributed by atoms with E-state index in [0.29, 0.717) is 31.2 Å². The van der Waals surface area contributed by atoms with E-state index in [1.807, 2.05) is 13.8 Å². The minimum Gasteiger partial charge on any atom is -0.472 e. The molecule has 42 heavy (non-hydrogen) atoms. The molecule has 0 spiro atoms. The number of ketones is 1. The summed E-state index contributed by atoms with van der Waals surface area (Å²) in [7, 11) is 1.28. The van der Waals surface area contributed by atoms with Gasteiger partial charge >= 0.3 is 24.6 Å². The largest absolute Gasteiger partial charge is 0.472 e. The van der Waals surface area contributed by atoms with E-state index in [0.717, 1.165) is 0 Å². The minimum atomic E-state index is -2.99. The molecule has 1 aromatic heterocycles. The minimum absolute atomic E-state index is 0.0687. The predicted molar refractivity (Wildman–Crippen MR) is 141 cm³/mol. The number of carbonyl (C=O) groups is 4. The number of esters is 2. The van der Waals surface area contributed by atoms with Gasteiger partial charge in [0.05, 0.1) is 31.5 Å². The number of amides is 1. The van der Waals surface area contributed by atoms with Gasteiger partial charge in [0.2, 0.25) is 0 Å². The molecule has 2 saturated carbocycles. The van der Waals surface area contributed by atoms with Crippen LogP contribution < -0.4 is 10.1 Å². The lowest BCUT2D eigenvalue weighted by Crippen LogP contribution is -2.65. The van der Waals surface area contributed by atoms with Crippen LogP contribution in [0.4, 0.5) is 19.3 Å². The monoisotopic (exact) mass is 589 g/mol. The summed E-state index contributed by atoms with van der Waals surface area (Å²) in [6.45, 7) is 0.812. The zero-order valence-electron chi connectivity index (χ0n) is 23.5. The summed E-state index contributed by atoms with van der Waals surface area (Å²) in [5.41, 5.74) is -0.834. The maximum absolute atomic E-state index is 14.4. The number of fused-ring (bicyclic) bond motifs is 3. The first kappa shape index (κ1) is 29.5. The Bertz CT molecular complexity index is 1330. The van der Waals surface area contributed by atoms with Crippen LogP contribution in [-0.4, -0.2) is 43.6 Å². The number of furan rings is 1. The van der Waals surface area contributed by atoms with Crippen molar-refractivity contribution in [2.75, 3.05) is 12.4 Å². The molecule has 1 saturated heterocycles. The van der Waals surface area contributed by atoms with Crippen LogP contribution in [0.1, 0.15) is 57.6 Å². The van der Waals surface area contributed by atoms with Crippen molar-refractivity contribution in [3.63, 3.8) is 0 Å². The van der Waals surface area contributed by atoms with E-state index in [2.05, 4.69) is 10.1 Å². The summed E-state index contributed by atoms with van der Waals surface area (Å²) in [6, 6.07) is 6.89. The molecule has 10 nitrogen and oxygen atoms in total. The van der Waals surface area contributed by atoms with Gasteiger partial charge in [0.1, 0.15) is 11.9 Å². The second-order valence-electron chi connectivity index (χ2n) is 11.4. The molecule has 3 fully saturated rings. The second kappa shape index (κ2) is 11.4. The van der Waals surface area contributed by atoms with E-state index >= 15 is 0 Å². The lowest BCUT2D eigenvalue weighted by Gasteiger charge is -2.62. The topological polar surface area (TPSA) is 130 Å². The number of benzene rings is 1. The summed E-state index contributed by atoms with van der Waals surface area (Å²) in [5, 5.41) is 2.49. The number of halogens is 2. The van der Waals surface area contributed by atoms with Crippen molar-refractivity contribution in [1.82, 2.24) is 0 Å². The number of nitrogens with one attached hydrogen (secondary N) is 1. The number of anilines is 1. The van der Waals surface area contributed by atoms with E-state index < -0.39 is 65.4 Å². The van der Waals surface area contributed by atoms with Crippen LogP contribution in [0, 0.1) is 28.6 Å². The van der Waals surface area contributed by atoms with Gasteiger partial charge in [0.25, 0.3) is 0 Å². The van der Waals surface area contributed by atoms with E-state index in [1.54, 1.807) is 6.07 Å². The average Bonchev–Trinajstić information content (AvgIpc) is 3.49. The zero-order valence-corrected chi connectivity index (χ0v) is 23.5. The summed E-state index contributed by atoms with van der Waals surface area (Å²) < 4.78 is 51.0. The number of carbonyl (C=O) groups excluding carboxylic acids is 4. The van der Waals surface area contributed by atoms with Crippen molar-refractivity contribution in [3.8, 4) is 5.75 Å². The molecule has 1 aliphatic heterocycles. The molecule has 1 aromatic carbocycles.